The predicted octanol–water partition coefficient (Wildman–Crippen LogP) is 1.69. The molecule has 1 amide bonds. The van der Waals surface area contributed by atoms with Crippen LogP contribution in [0.5, 0.6) is 0 Å². The third-order valence-electron chi connectivity index (χ3n) is 3.39. The van der Waals surface area contributed by atoms with E-state index in [-0.39, 0.29) is 18.4 Å². The summed E-state index contributed by atoms with van der Waals surface area (Å²) < 4.78 is 4.84. The maximum absolute atomic E-state index is 11.5. The van der Waals surface area contributed by atoms with Crippen molar-refractivity contribution >= 4 is 17.6 Å². The Labute approximate surface area is 132 Å². The molecule has 4 N–H and O–H groups in total. The van der Waals surface area contributed by atoms with Crippen LogP contribution in [0.25, 0.3) is 0 Å². The number of nitrogens with one attached hydrogen (secondary N) is 2. The molecular formula is C16H26N4O2. The standard InChI is InChI=1S/C16H26N4O2/c1-4-12(2)13-5-7-14(8-6-13)20-16(17)19-11-15(21)18-9-10-22-3/h5-8,12H,4,9-11H2,1-3H3,(H,18,21)(H3,17,19,20). The smallest absolute Gasteiger partial charge is 0.241 e. The first-order valence-corrected chi connectivity index (χ1v) is 7.49. The number of rotatable bonds is 8. The number of ether oxygens (including phenoxy) is 1. The molecule has 122 valence electrons. The molecule has 6 heteroatoms. The Bertz CT molecular complexity index is 485. The third-order valence-corrected chi connectivity index (χ3v) is 3.39. The van der Waals surface area contributed by atoms with E-state index in [1.807, 2.05) is 12.1 Å². The molecule has 6 nitrogen and oxygen atoms in total. The van der Waals surface area contributed by atoms with Gasteiger partial charge in [-0.15, -0.1) is 0 Å². The lowest BCUT2D eigenvalue weighted by Gasteiger charge is -2.10. The van der Waals surface area contributed by atoms with Crippen LogP contribution in [0.15, 0.2) is 29.3 Å². The van der Waals surface area contributed by atoms with E-state index in [0.717, 1.165) is 12.1 Å². The summed E-state index contributed by atoms with van der Waals surface area (Å²) >= 11 is 0. The average molecular weight is 306 g/mol. The number of aliphatic imine (C=N–C) groups is 1. The fourth-order valence-electron chi connectivity index (χ4n) is 1.82. The number of nitrogens with two attached hydrogens (primary N) is 1. The molecule has 0 spiro atoms. The lowest BCUT2D eigenvalue weighted by atomic mass is 9.99. The lowest BCUT2D eigenvalue weighted by molar-refractivity contribution is -0.119. The van der Waals surface area contributed by atoms with Gasteiger partial charge in [-0.05, 0) is 30.0 Å². The number of amides is 1. The van der Waals surface area contributed by atoms with Gasteiger partial charge in [0, 0.05) is 19.3 Å². The highest BCUT2D eigenvalue weighted by Crippen LogP contribution is 2.20. The second kappa shape index (κ2) is 9.78. The van der Waals surface area contributed by atoms with Crippen LogP contribution in [-0.4, -0.2) is 38.7 Å². The Morgan fingerprint density at radius 3 is 2.64 bits per heavy atom. The summed E-state index contributed by atoms with van der Waals surface area (Å²) in [6.07, 6.45) is 1.11. The summed E-state index contributed by atoms with van der Waals surface area (Å²) in [4.78, 5) is 15.5. The molecule has 0 saturated heterocycles. The van der Waals surface area contributed by atoms with Gasteiger partial charge in [0.15, 0.2) is 5.96 Å². The van der Waals surface area contributed by atoms with E-state index < -0.39 is 0 Å². The minimum Gasteiger partial charge on any atom is -0.383 e. The van der Waals surface area contributed by atoms with Crippen molar-refractivity contribution in [2.24, 2.45) is 10.7 Å². The third kappa shape index (κ3) is 6.58. The molecule has 1 aromatic carbocycles. The second-order valence-corrected chi connectivity index (χ2v) is 5.10. The highest BCUT2D eigenvalue weighted by Gasteiger charge is 2.03. The van der Waals surface area contributed by atoms with Gasteiger partial charge < -0.3 is 21.1 Å². The molecule has 1 rings (SSSR count). The molecule has 0 aliphatic heterocycles. The van der Waals surface area contributed by atoms with Crippen LogP contribution in [0.1, 0.15) is 31.7 Å². The Kier molecular flexibility index (Phi) is 7.99. The monoisotopic (exact) mass is 306 g/mol. The van der Waals surface area contributed by atoms with Gasteiger partial charge >= 0.3 is 0 Å². The fourth-order valence-corrected chi connectivity index (χ4v) is 1.82. The van der Waals surface area contributed by atoms with Crippen molar-refractivity contribution < 1.29 is 9.53 Å². The fraction of sp³-hybridized carbons (Fsp3) is 0.500. The zero-order valence-electron chi connectivity index (χ0n) is 13.6. The summed E-state index contributed by atoms with van der Waals surface area (Å²) in [5.41, 5.74) is 7.91. The van der Waals surface area contributed by atoms with Crippen LogP contribution < -0.4 is 16.4 Å². The average Bonchev–Trinajstić information content (AvgIpc) is 2.53. The van der Waals surface area contributed by atoms with Gasteiger partial charge in [0.1, 0.15) is 6.54 Å². The number of anilines is 1. The van der Waals surface area contributed by atoms with Crippen LogP contribution in [0, 0.1) is 0 Å². The summed E-state index contributed by atoms with van der Waals surface area (Å²) in [7, 11) is 1.58. The van der Waals surface area contributed by atoms with Gasteiger partial charge in [-0.1, -0.05) is 26.0 Å². The van der Waals surface area contributed by atoms with Crippen LogP contribution in [0.4, 0.5) is 5.69 Å². The van der Waals surface area contributed by atoms with Crippen molar-refractivity contribution in [3.63, 3.8) is 0 Å². The lowest BCUT2D eigenvalue weighted by Crippen LogP contribution is -2.31. The number of carbonyl (C=O) groups excluding carboxylic acids is 1. The van der Waals surface area contributed by atoms with Gasteiger partial charge in [-0.3, -0.25) is 4.79 Å². The first-order chi connectivity index (χ1) is 10.6. The van der Waals surface area contributed by atoms with E-state index in [2.05, 4.69) is 41.6 Å². The van der Waals surface area contributed by atoms with E-state index in [0.29, 0.717) is 19.1 Å². The van der Waals surface area contributed by atoms with Crippen molar-refractivity contribution in [1.29, 1.82) is 0 Å². The number of hydrogen-bond acceptors (Lipinski definition) is 3. The molecule has 0 saturated carbocycles. The zero-order valence-corrected chi connectivity index (χ0v) is 13.6. The van der Waals surface area contributed by atoms with Crippen molar-refractivity contribution in [1.82, 2.24) is 5.32 Å². The van der Waals surface area contributed by atoms with Gasteiger partial charge in [0.05, 0.1) is 6.61 Å². The van der Waals surface area contributed by atoms with Crippen LogP contribution in [0.2, 0.25) is 0 Å². The SMILES string of the molecule is CCC(C)c1ccc(NC(N)=NCC(=O)NCCOC)cc1. The molecule has 22 heavy (non-hydrogen) atoms. The summed E-state index contributed by atoms with van der Waals surface area (Å²) in [6, 6.07) is 8.06. The van der Waals surface area contributed by atoms with Gasteiger partial charge in [0.25, 0.3) is 0 Å². The number of benzene rings is 1. The van der Waals surface area contributed by atoms with Gasteiger partial charge in [0.2, 0.25) is 5.91 Å². The number of methoxy groups -OCH3 is 1. The Hall–Kier alpha value is -2.08. The number of hydrogen-bond donors (Lipinski definition) is 3. The van der Waals surface area contributed by atoms with Crippen molar-refractivity contribution in [3.8, 4) is 0 Å². The second-order valence-electron chi connectivity index (χ2n) is 5.10. The van der Waals surface area contributed by atoms with Crippen LogP contribution in [-0.2, 0) is 9.53 Å². The highest BCUT2D eigenvalue weighted by atomic mass is 16.5. The first-order valence-electron chi connectivity index (χ1n) is 7.49. The van der Waals surface area contributed by atoms with Gasteiger partial charge in [-0.25, -0.2) is 4.99 Å². The summed E-state index contributed by atoms with van der Waals surface area (Å²) in [6.45, 7) is 5.30. The van der Waals surface area contributed by atoms with E-state index in [4.69, 9.17) is 10.5 Å². The Balaban J connectivity index is 2.45. The Morgan fingerprint density at radius 1 is 1.36 bits per heavy atom. The predicted molar refractivity (Wildman–Crippen MR) is 90.1 cm³/mol. The number of guanidine groups is 1. The molecule has 1 aromatic rings. The highest BCUT2D eigenvalue weighted by molar-refractivity contribution is 5.93. The van der Waals surface area contributed by atoms with Crippen molar-refractivity contribution in [2.45, 2.75) is 26.2 Å². The molecule has 0 heterocycles. The molecule has 0 aromatic heterocycles. The maximum atomic E-state index is 11.5. The van der Waals surface area contributed by atoms with Crippen molar-refractivity contribution in [3.05, 3.63) is 29.8 Å². The van der Waals surface area contributed by atoms with E-state index in [1.54, 1.807) is 7.11 Å². The quantitative estimate of drug-likeness (QED) is 0.387. The van der Waals surface area contributed by atoms with E-state index in [1.165, 1.54) is 5.56 Å². The summed E-state index contributed by atoms with van der Waals surface area (Å²) in [5, 5.41) is 5.65. The molecule has 0 radical (unpaired) electrons. The van der Waals surface area contributed by atoms with Crippen LogP contribution in [0.3, 0.4) is 0 Å². The minimum atomic E-state index is -0.186. The van der Waals surface area contributed by atoms with Gasteiger partial charge in [-0.2, -0.15) is 0 Å². The van der Waals surface area contributed by atoms with Crippen molar-refractivity contribution in [2.75, 3.05) is 32.1 Å². The number of nitrogens with zero attached hydrogens (tertiary/aromatic N) is 1. The first kappa shape index (κ1) is 18.0. The molecular weight excluding hydrogens is 280 g/mol. The molecule has 0 bridgehead atoms. The normalized spacial score (nSPS) is 12.8. The molecule has 1 unspecified atom stereocenters. The Morgan fingerprint density at radius 2 is 2.05 bits per heavy atom. The molecule has 0 fully saturated rings. The largest absolute Gasteiger partial charge is 0.383 e. The molecule has 0 aliphatic carbocycles. The summed E-state index contributed by atoms with van der Waals surface area (Å²) in [5.74, 6) is 0.572. The van der Waals surface area contributed by atoms with Crippen LogP contribution >= 0.6 is 0 Å². The minimum absolute atomic E-state index is 0.00645. The number of carbonyl (C=O) groups is 1. The maximum Gasteiger partial charge on any atom is 0.241 e. The topological polar surface area (TPSA) is 88.7 Å². The van der Waals surface area contributed by atoms with E-state index >= 15 is 0 Å². The molecule has 1 atom stereocenters. The molecule has 0 aliphatic rings. The zero-order chi connectivity index (χ0) is 16.4. The van der Waals surface area contributed by atoms with E-state index in [9.17, 15) is 4.79 Å².